The molecule has 1 unspecified atom stereocenters. The highest BCUT2D eigenvalue weighted by molar-refractivity contribution is 8.14. The van der Waals surface area contributed by atoms with Crippen LogP contribution in [0.15, 0.2) is 18.2 Å². The number of carbonyl (C=O) groups is 1. The summed E-state index contributed by atoms with van der Waals surface area (Å²) in [7, 11) is 1.62. The molecule has 2 aliphatic heterocycles. The molecule has 0 aromatic heterocycles. The Bertz CT molecular complexity index is 643. The predicted molar refractivity (Wildman–Crippen MR) is 71.2 cm³/mol. The van der Waals surface area contributed by atoms with E-state index >= 15 is 0 Å². The summed E-state index contributed by atoms with van der Waals surface area (Å²) in [5.41, 5.74) is 1.75. The molecule has 3 rings (SSSR count). The largest absolute Gasteiger partial charge is 0.493 e. The van der Waals surface area contributed by atoms with Crippen LogP contribution in [0, 0.1) is 0 Å². The molecule has 1 fully saturated rings. The number of carbonyl (C=O) groups excluding carboxylic acids is 1. The summed E-state index contributed by atoms with van der Waals surface area (Å²) in [6, 6.07) is 5.46. The summed E-state index contributed by atoms with van der Waals surface area (Å²) in [4.78, 5) is 13.4. The van der Waals surface area contributed by atoms with Crippen molar-refractivity contribution in [3.8, 4) is 5.75 Å². The summed E-state index contributed by atoms with van der Waals surface area (Å²) >= 11 is 0. The molecule has 5 nitrogen and oxygen atoms in total. The first-order chi connectivity index (χ1) is 8.95. The summed E-state index contributed by atoms with van der Waals surface area (Å²) in [6.07, 6.45) is 0.752. The zero-order valence-electron chi connectivity index (χ0n) is 10.0. The van der Waals surface area contributed by atoms with E-state index < -0.39 is 14.3 Å². The number of amides is 1. The average Bonchev–Trinajstić information content (AvgIpc) is 2.92. The lowest BCUT2D eigenvalue weighted by Gasteiger charge is -2.17. The number of anilines is 1. The monoisotopic (exact) mass is 301 g/mol. The van der Waals surface area contributed by atoms with Crippen molar-refractivity contribution in [2.24, 2.45) is 0 Å². The Hall–Kier alpha value is -1.27. The molecule has 1 amide bonds. The molecule has 0 spiro atoms. The third kappa shape index (κ3) is 2.30. The molecule has 1 aromatic carbocycles. The maximum Gasteiger partial charge on any atom is 0.237 e. The lowest BCUT2D eigenvalue weighted by molar-refractivity contribution is -0.117. The number of hydrogen-bond acceptors (Lipinski definition) is 4. The van der Waals surface area contributed by atoms with Crippen molar-refractivity contribution in [2.45, 2.75) is 18.1 Å². The molecule has 0 radical (unpaired) electrons. The summed E-state index contributed by atoms with van der Waals surface area (Å²) in [5, 5.41) is -0.828. The van der Waals surface area contributed by atoms with Crippen LogP contribution in [-0.2, 0) is 20.3 Å². The van der Waals surface area contributed by atoms with Crippen LogP contribution in [0.1, 0.15) is 12.0 Å². The van der Waals surface area contributed by atoms with Crippen LogP contribution in [0.25, 0.3) is 0 Å². The van der Waals surface area contributed by atoms with E-state index in [9.17, 15) is 13.2 Å². The Morgan fingerprint density at radius 1 is 1.37 bits per heavy atom. The van der Waals surface area contributed by atoms with Gasteiger partial charge in [-0.1, -0.05) is 0 Å². The number of hydrogen-bond donors (Lipinski definition) is 0. The van der Waals surface area contributed by atoms with E-state index in [0.717, 1.165) is 17.7 Å². The quantitative estimate of drug-likeness (QED) is 0.772. The second-order valence-corrected chi connectivity index (χ2v) is 7.60. The minimum atomic E-state index is -3.70. The van der Waals surface area contributed by atoms with Crippen molar-refractivity contribution in [1.82, 2.24) is 0 Å². The summed E-state index contributed by atoms with van der Waals surface area (Å²) < 4.78 is 28.0. The van der Waals surface area contributed by atoms with E-state index in [1.54, 1.807) is 6.07 Å². The van der Waals surface area contributed by atoms with Gasteiger partial charge in [0.1, 0.15) is 11.0 Å². The number of fused-ring (bicyclic) bond motifs is 1. The van der Waals surface area contributed by atoms with Gasteiger partial charge in [0.05, 0.1) is 6.61 Å². The van der Waals surface area contributed by atoms with Gasteiger partial charge in [0.2, 0.25) is 15.0 Å². The van der Waals surface area contributed by atoms with E-state index in [-0.39, 0.29) is 18.9 Å². The van der Waals surface area contributed by atoms with Gasteiger partial charge in [-0.15, -0.1) is 0 Å². The van der Waals surface area contributed by atoms with Crippen LogP contribution < -0.4 is 9.64 Å². The van der Waals surface area contributed by atoms with Crippen molar-refractivity contribution in [3.63, 3.8) is 0 Å². The van der Waals surface area contributed by atoms with Gasteiger partial charge in [-0.05, 0) is 23.8 Å². The van der Waals surface area contributed by atoms with E-state index in [1.165, 1.54) is 4.90 Å². The Balaban J connectivity index is 1.89. The van der Waals surface area contributed by atoms with Crippen molar-refractivity contribution in [3.05, 3.63) is 23.8 Å². The average molecular weight is 302 g/mol. The van der Waals surface area contributed by atoms with Crippen molar-refractivity contribution >= 4 is 31.3 Å². The van der Waals surface area contributed by atoms with Crippen LogP contribution in [0.4, 0.5) is 5.69 Å². The molecule has 1 atom stereocenters. The first-order valence-corrected chi connectivity index (χ1v) is 8.32. The smallest absolute Gasteiger partial charge is 0.237 e. The third-order valence-corrected chi connectivity index (χ3v) is 5.34. The van der Waals surface area contributed by atoms with E-state index in [4.69, 9.17) is 15.4 Å². The molecule has 102 valence electrons. The standard InChI is InChI=1S/C12H12ClNO4S/c13-19(16,17)10-6-12(15)14(7-10)9-1-2-11-8(5-9)3-4-18-11/h1-2,5,10H,3-4,6-7H2. The number of nitrogens with zero attached hydrogens (tertiary/aromatic N) is 1. The minimum absolute atomic E-state index is 0.0561. The van der Waals surface area contributed by atoms with Gasteiger partial charge in [-0.3, -0.25) is 4.79 Å². The summed E-state index contributed by atoms with van der Waals surface area (Å²) in [5.74, 6) is 0.616. The fourth-order valence-corrected chi connectivity index (χ4v) is 3.48. The van der Waals surface area contributed by atoms with Gasteiger partial charge in [0.25, 0.3) is 0 Å². The van der Waals surface area contributed by atoms with Crippen LogP contribution in [-0.4, -0.2) is 32.7 Å². The highest BCUT2D eigenvalue weighted by Gasteiger charge is 2.38. The van der Waals surface area contributed by atoms with E-state index in [2.05, 4.69) is 0 Å². The first-order valence-electron chi connectivity index (χ1n) is 5.95. The van der Waals surface area contributed by atoms with E-state index in [0.29, 0.717) is 12.3 Å². The van der Waals surface area contributed by atoms with Crippen LogP contribution in [0.5, 0.6) is 5.75 Å². The van der Waals surface area contributed by atoms with E-state index in [1.807, 2.05) is 12.1 Å². The topological polar surface area (TPSA) is 63.7 Å². The molecule has 0 N–H and O–H groups in total. The Labute approximate surface area is 115 Å². The number of benzene rings is 1. The zero-order valence-corrected chi connectivity index (χ0v) is 11.6. The van der Waals surface area contributed by atoms with Crippen molar-refractivity contribution in [2.75, 3.05) is 18.1 Å². The lowest BCUT2D eigenvalue weighted by Crippen LogP contribution is -2.26. The molecule has 1 saturated heterocycles. The van der Waals surface area contributed by atoms with Crippen LogP contribution in [0.3, 0.4) is 0 Å². The maximum absolute atomic E-state index is 11.9. The molecule has 1 aromatic rings. The normalized spacial score (nSPS) is 22.5. The number of halogens is 1. The molecular weight excluding hydrogens is 290 g/mol. The predicted octanol–water partition coefficient (Wildman–Crippen LogP) is 1.30. The fourth-order valence-electron chi connectivity index (χ4n) is 2.45. The van der Waals surface area contributed by atoms with Gasteiger partial charge in [0.15, 0.2) is 0 Å². The Morgan fingerprint density at radius 2 is 2.16 bits per heavy atom. The fraction of sp³-hybridized carbons (Fsp3) is 0.417. The van der Waals surface area contributed by atoms with Crippen molar-refractivity contribution in [1.29, 1.82) is 0 Å². The van der Waals surface area contributed by atoms with Gasteiger partial charge >= 0.3 is 0 Å². The van der Waals surface area contributed by atoms with Crippen LogP contribution in [0.2, 0.25) is 0 Å². The maximum atomic E-state index is 11.9. The molecule has 7 heteroatoms. The molecular formula is C12H12ClNO4S. The Kier molecular flexibility index (Phi) is 2.94. The third-order valence-electron chi connectivity index (χ3n) is 3.47. The summed E-state index contributed by atoms with van der Waals surface area (Å²) in [6.45, 7) is 0.760. The molecule has 0 bridgehead atoms. The Morgan fingerprint density at radius 3 is 2.84 bits per heavy atom. The lowest BCUT2D eigenvalue weighted by atomic mass is 10.1. The number of ether oxygens (including phenoxy) is 1. The second-order valence-electron chi connectivity index (χ2n) is 4.70. The zero-order chi connectivity index (χ0) is 13.6. The van der Waals surface area contributed by atoms with Gasteiger partial charge in [-0.25, -0.2) is 8.42 Å². The van der Waals surface area contributed by atoms with Crippen molar-refractivity contribution < 1.29 is 17.9 Å². The first kappa shape index (κ1) is 12.7. The molecule has 2 heterocycles. The molecule has 2 aliphatic rings. The van der Waals surface area contributed by atoms with Crippen LogP contribution >= 0.6 is 10.7 Å². The second kappa shape index (κ2) is 4.38. The SMILES string of the molecule is O=C1CC(S(=O)(=O)Cl)CN1c1ccc2c(c1)CCO2. The molecule has 19 heavy (non-hydrogen) atoms. The number of rotatable bonds is 2. The van der Waals surface area contributed by atoms with Gasteiger partial charge in [-0.2, -0.15) is 0 Å². The minimum Gasteiger partial charge on any atom is -0.493 e. The highest BCUT2D eigenvalue weighted by atomic mass is 35.7. The highest BCUT2D eigenvalue weighted by Crippen LogP contribution is 2.32. The molecule has 0 saturated carbocycles. The molecule has 0 aliphatic carbocycles. The van der Waals surface area contributed by atoms with Gasteiger partial charge < -0.3 is 9.64 Å². The van der Waals surface area contributed by atoms with Gasteiger partial charge in [0, 0.05) is 35.8 Å².